The highest BCUT2D eigenvalue weighted by Crippen LogP contribution is 2.26. The Hall–Kier alpha value is -2.83. The number of halogens is 1. The number of fused-ring (bicyclic) bond motifs is 1. The van der Waals surface area contributed by atoms with Crippen LogP contribution < -0.4 is 10.5 Å². The van der Waals surface area contributed by atoms with E-state index in [1.165, 1.54) is 18.2 Å². The highest BCUT2D eigenvalue weighted by atomic mass is 19.1. The maximum Gasteiger partial charge on any atom is 0.261 e. The fourth-order valence-corrected chi connectivity index (χ4v) is 3.95. The summed E-state index contributed by atoms with van der Waals surface area (Å²) in [5.74, 6) is 1.66. The number of rotatable bonds is 3. The molecule has 4 rings (SSSR count). The number of hydrogen-bond acceptors (Lipinski definition) is 5. The third-order valence-corrected chi connectivity index (χ3v) is 5.77. The Morgan fingerprint density at radius 3 is 2.64 bits per heavy atom. The van der Waals surface area contributed by atoms with Gasteiger partial charge >= 0.3 is 0 Å². The molecule has 0 spiro atoms. The van der Waals surface area contributed by atoms with E-state index >= 15 is 0 Å². The number of benzene rings is 1. The number of nitrogens with zero attached hydrogens (tertiary/aromatic N) is 5. The van der Waals surface area contributed by atoms with E-state index in [1.807, 2.05) is 13.8 Å². The van der Waals surface area contributed by atoms with Crippen molar-refractivity contribution in [3.63, 3.8) is 0 Å². The molecule has 0 radical (unpaired) electrons. The van der Waals surface area contributed by atoms with Crippen molar-refractivity contribution in [2.75, 3.05) is 18.0 Å². The summed E-state index contributed by atoms with van der Waals surface area (Å²) in [6.45, 7) is 8.32. The highest BCUT2D eigenvalue weighted by Gasteiger charge is 2.23. The summed E-state index contributed by atoms with van der Waals surface area (Å²) in [6.07, 6.45) is 3.59. The molecule has 3 heterocycles. The second kappa shape index (κ2) is 7.30. The second-order valence-electron chi connectivity index (χ2n) is 7.57. The van der Waals surface area contributed by atoms with Gasteiger partial charge in [-0.2, -0.15) is 0 Å². The van der Waals surface area contributed by atoms with Crippen molar-refractivity contribution in [1.82, 2.24) is 19.5 Å². The first-order valence-electron chi connectivity index (χ1n) is 9.64. The van der Waals surface area contributed by atoms with E-state index in [2.05, 4.69) is 26.8 Å². The molecule has 3 aromatic rings. The number of anilines is 1. The molecule has 1 aliphatic heterocycles. The average Bonchev–Trinajstić information content (AvgIpc) is 2.67. The highest BCUT2D eigenvalue weighted by molar-refractivity contribution is 5.77. The van der Waals surface area contributed by atoms with Gasteiger partial charge in [-0.1, -0.05) is 0 Å². The molecule has 1 saturated heterocycles. The largest absolute Gasteiger partial charge is 0.356 e. The lowest BCUT2D eigenvalue weighted by Gasteiger charge is -2.34. The minimum Gasteiger partial charge on any atom is -0.356 e. The van der Waals surface area contributed by atoms with E-state index in [9.17, 15) is 9.18 Å². The van der Waals surface area contributed by atoms with Gasteiger partial charge in [0, 0.05) is 37.0 Å². The molecule has 0 unspecified atom stereocenters. The van der Waals surface area contributed by atoms with Crippen LogP contribution in [0.15, 0.2) is 29.3 Å². The topological polar surface area (TPSA) is 63.9 Å². The first-order chi connectivity index (χ1) is 13.4. The lowest BCUT2D eigenvalue weighted by atomic mass is 9.96. The molecule has 6 nitrogen and oxygen atoms in total. The van der Waals surface area contributed by atoms with Crippen LogP contribution in [-0.2, 0) is 6.54 Å². The summed E-state index contributed by atoms with van der Waals surface area (Å²) in [6, 6.07) is 4.16. The normalized spacial score (nSPS) is 15.4. The van der Waals surface area contributed by atoms with E-state index in [-0.39, 0.29) is 11.4 Å². The van der Waals surface area contributed by atoms with E-state index in [4.69, 9.17) is 0 Å². The number of aromatic nitrogens is 4. The molecule has 28 heavy (non-hydrogen) atoms. The van der Waals surface area contributed by atoms with Gasteiger partial charge in [0.05, 0.1) is 10.9 Å². The molecular weight excluding hydrogens is 357 g/mol. The van der Waals surface area contributed by atoms with Gasteiger partial charge < -0.3 is 4.90 Å². The minimum atomic E-state index is -0.376. The van der Waals surface area contributed by atoms with Crippen LogP contribution in [0.3, 0.4) is 0 Å². The van der Waals surface area contributed by atoms with Crippen LogP contribution in [0.4, 0.5) is 10.2 Å². The van der Waals surface area contributed by atoms with Crippen molar-refractivity contribution < 1.29 is 4.39 Å². The predicted octanol–water partition coefficient (Wildman–Crippen LogP) is 3.17. The lowest BCUT2D eigenvalue weighted by Crippen LogP contribution is -2.37. The Morgan fingerprint density at radius 2 is 1.89 bits per heavy atom. The monoisotopic (exact) mass is 381 g/mol. The van der Waals surface area contributed by atoms with Crippen molar-refractivity contribution in [1.29, 1.82) is 0 Å². The van der Waals surface area contributed by atoms with E-state index in [0.29, 0.717) is 29.2 Å². The summed E-state index contributed by atoms with van der Waals surface area (Å²) in [5.41, 5.74) is 2.46. The van der Waals surface area contributed by atoms with Gasteiger partial charge in [0.1, 0.15) is 23.8 Å². The standard InChI is InChI=1S/C21H24FN5O/c1-13-14(2)23-12-24-20(13)26-8-6-16(7-9-26)11-27-15(3)25-19-10-17(22)4-5-18(19)21(27)28/h4-5,10,12,16H,6-9,11H2,1-3H3. The maximum atomic E-state index is 13.4. The van der Waals surface area contributed by atoms with Gasteiger partial charge in [-0.05, 0) is 51.7 Å². The summed E-state index contributed by atoms with van der Waals surface area (Å²) in [7, 11) is 0. The number of aryl methyl sites for hydroxylation is 2. The third kappa shape index (κ3) is 3.37. The molecule has 0 bridgehead atoms. The minimum absolute atomic E-state index is 0.0906. The number of hydrogen-bond donors (Lipinski definition) is 0. The molecular formula is C21H24FN5O. The van der Waals surface area contributed by atoms with Crippen molar-refractivity contribution in [2.24, 2.45) is 5.92 Å². The molecule has 7 heteroatoms. The van der Waals surface area contributed by atoms with Crippen LogP contribution in [0.25, 0.3) is 10.9 Å². The summed E-state index contributed by atoms with van der Waals surface area (Å²) < 4.78 is 15.2. The number of piperidine rings is 1. The van der Waals surface area contributed by atoms with Crippen LogP contribution >= 0.6 is 0 Å². The first kappa shape index (κ1) is 18.5. The predicted molar refractivity (Wildman–Crippen MR) is 107 cm³/mol. The second-order valence-corrected chi connectivity index (χ2v) is 7.57. The SMILES string of the molecule is Cc1ncnc(N2CCC(Cn3c(C)nc4cc(F)ccc4c3=O)CC2)c1C. The first-order valence-corrected chi connectivity index (χ1v) is 9.64. The van der Waals surface area contributed by atoms with Crippen molar-refractivity contribution in [3.8, 4) is 0 Å². The van der Waals surface area contributed by atoms with Gasteiger partial charge in [-0.3, -0.25) is 9.36 Å². The smallest absolute Gasteiger partial charge is 0.261 e. The zero-order valence-electron chi connectivity index (χ0n) is 16.4. The average molecular weight is 381 g/mol. The molecule has 1 fully saturated rings. The zero-order chi connectivity index (χ0) is 19.8. The quantitative estimate of drug-likeness (QED) is 0.697. The van der Waals surface area contributed by atoms with Gasteiger partial charge in [-0.25, -0.2) is 19.3 Å². The zero-order valence-corrected chi connectivity index (χ0v) is 16.4. The Bertz CT molecular complexity index is 1090. The van der Waals surface area contributed by atoms with Crippen molar-refractivity contribution in [2.45, 2.75) is 40.2 Å². The van der Waals surface area contributed by atoms with Gasteiger partial charge in [0.15, 0.2) is 0 Å². The lowest BCUT2D eigenvalue weighted by molar-refractivity contribution is 0.347. The summed E-state index contributed by atoms with van der Waals surface area (Å²) in [4.78, 5) is 28.3. The van der Waals surface area contributed by atoms with Gasteiger partial charge in [-0.15, -0.1) is 0 Å². The Balaban J connectivity index is 1.52. The third-order valence-electron chi connectivity index (χ3n) is 5.77. The van der Waals surface area contributed by atoms with Crippen LogP contribution in [0.5, 0.6) is 0 Å². The van der Waals surface area contributed by atoms with E-state index < -0.39 is 0 Å². The fourth-order valence-electron chi connectivity index (χ4n) is 3.95. The van der Waals surface area contributed by atoms with E-state index in [0.717, 1.165) is 43.0 Å². The van der Waals surface area contributed by atoms with Crippen molar-refractivity contribution >= 4 is 16.7 Å². The molecule has 146 valence electrons. The Kier molecular flexibility index (Phi) is 4.83. The van der Waals surface area contributed by atoms with Crippen LogP contribution in [0.1, 0.15) is 29.9 Å². The molecule has 0 saturated carbocycles. The molecule has 1 aliphatic rings. The van der Waals surface area contributed by atoms with Crippen LogP contribution in [-0.4, -0.2) is 32.6 Å². The van der Waals surface area contributed by atoms with Gasteiger partial charge in [0.25, 0.3) is 5.56 Å². The molecule has 0 N–H and O–H groups in total. The maximum absolute atomic E-state index is 13.4. The summed E-state index contributed by atoms with van der Waals surface area (Å²) >= 11 is 0. The van der Waals surface area contributed by atoms with Crippen LogP contribution in [0.2, 0.25) is 0 Å². The molecule has 0 amide bonds. The molecule has 0 atom stereocenters. The molecule has 2 aromatic heterocycles. The fraction of sp³-hybridized carbons (Fsp3) is 0.429. The van der Waals surface area contributed by atoms with Crippen molar-refractivity contribution in [3.05, 3.63) is 57.8 Å². The van der Waals surface area contributed by atoms with E-state index in [1.54, 1.807) is 10.9 Å². The molecule has 0 aliphatic carbocycles. The molecule has 1 aromatic carbocycles. The van der Waals surface area contributed by atoms with Gasteiger partial charge in [0.2, 0.25) is 0 Å². The Morgan fingerprint density at radius 1 is 1.14 bits per heavy atom. The Labute approximate surface area is 163 Å². The summed E-state index contributed by atoms with van der Waals surface area (Å²) in [5, 5.41) is 0.469. The van der Waals surface area contributed by atoms with Crippen LogP contribution in [0, 0.1) is 32.5 Å².